The molecule has 1 aliphatic heterocycles. The van der Waals surface area contributed by atoms with E-state index in [1.54, 1.807) is 6.07 Å². The molecule has 4 aromatic rings. The first-order valence-electron chi connectivity index (χ1n) is 9.99. The van der Waals surface area contributed by atoms with Gasteiger partial charge in [0.25, 0.3) is 0 Å². The second-order valence-corrected chi connectivity index (χ2v) is 10.1. The molecule has 0 spiro atoms. The average molecular weight is 469 g/mol. The fraction of sp³-hybridized carbons (Fsp3) is 0.174. The summed E-state index contributed by atoms with van der Waals surface area (Å²) in [5.74, 6) is 1.27. The molecule has 0 radical (unpaired) electrons. The molecular formula is C23H20N2O5S2. The number of benzene rings is 2. The van der Waals surface area contributed by atoms with Gasteiger partial charge in [0.1, 0.15) is 13.2 Å². The van der Waals surface area contributed by atoms with Crippen LogP contribution in [-0.2, 0) is 16.4 Å². The topological polar surface area (TPSA) is 90.7 Å². The molecule has 32 heavy (non-hydrogen) atoms. The molecule has 0 unspecified atom stereocenters. The Morgan fingerprint density at radius 2 is 1.81 bits per heavy atom. The molecule has 0 bridgehead atoms. The zero-order chi connectivity index (χ0) is 22.1. The van der Waals surface area contributed by atoms with Crippen LogP contribution in [0.3, 0.4) is 0 Å². The number of anilines is 1. The van der Waals surface area contributed by atoms with E-state index in [4.69, 9.17) is 13.9 Å². The molecule has 0 aliphatic carbocycles. The van der Waals surface area contributed by atoms with Gasteiger partial charge in [0.2, 0.25) is 26.6 Å². The van der Waals surface area contributed by atoms with Crippen molar-refractivity contribution < 1.29 is 22.3 Å². The third-order valence-electron chi connectivity index (χ3n) is 4.98. The summed E-state index contributed by atoms with van der Waals surface area (Å²) in [5.41, 5.74) is 2.14. The summed E-state index contributed by atoms with van der Waals surface area (Å²) in [6, 6.07) is 16.2. The van der Waals surface area contributed by atoms with Crippen LogP contribution >= 0.6 is 11.3 Å². The van der Waals surface area contributed by atoms with Crippen LogP contribution in [0.25, 0.3) is 10.8 Å². The van der Waals surface area contributed by atoms with Crippen LogP contribution in [0.15, 0.2) is 74.3 Å². The molecule has 7 nitrogen and oxygen atoms in total. The van der Waals surface area contributed by atoms with Gasteiger partial charge in [0, 0.05) is 12.6 Å². The number of nitrogens with zero attached hydrogens (tertiary/aromatic N) is 1. The molecule has 2 aromatic heterocycles. The Bertz CT molecular complexity index is 1340. The van der Waals surface area contributed by atoms with Gasteiger partial charge in [-0.3, -0.25) is 0 Å². The van der Waals surface area contributed by atoms with E-state index in [1.165, 1.54) is 23.5 Å². The Hall–Kier alpha value is -3.30. The van der Waals surface area contributed by atoms with Gasteiger partial charge in [0.05, 0.1) is 9.77 Å². The average Bonchev–Trinajstić information content (AvgIpc) is 3.49. The minimum atomic E-state index is -3.98. The molecule has 9 heteroatoms. The standard InChI is InChI=1S/C23H20N2O5S2/c1-15-4-6-16(7-5-15)14-24-22-23(25-21(30-22)20-3-2-12-31-20)32(26,27)17-8-9-18-19(13-17)29-11-10-28-18/h2-9,12-13,24H,10-11,14H2,1H3. The lowest BCUT2D eigenvalue weighted by Gasteiger charge is -2.18. The minimum Gasteiger partial charge on any atom is -0.486 e. The number of ether oxygens (including phenoxy) is 2. The second kappa shape index (κ2) is 8.33. The number of aromatic nitrogens is 1. The van der Waals surface area contributed by atoms with Gasteiger partial charge in [-0.15, -0.1) is 11.3 Å². The molecule has 1 N–H and O–H groups in total. The summed E-state index contributed by atoms with van der Waals surface area (Å²) in [6.45, 7) is 3.20. The van der Waals surface area contributed by atoms with Crippen molar-refractivity contribution in [1.82, 2.24) is 4.98 Å². The maximum Gasteiger partial charge on any atom is 0.240 e. The van der Waals surface area contributed by atoms with Crippen LogP contribution < -0.4 is 14.8 Å². The van der Waals surface area contributed by atoms with Crippen molar-refractivity contribution >= 4 is 27.1 Å². The minimum absolute atomic E-state index is 0.0613. The van der Waals surface area contributed by atoms with E-state index in [0.717, 1.165) is 16.0 Å². The Morgan fingerprint density at radius 3 is 2.56 bits per heavy atom. The molecule has 1 aliphatic rings. The van der Waals surface area contributed by atoms with Crippen molar-refractivity contribution in [1.29, 1.82) is 0 Å². The summed E-state index contributed by atoms with van der Waals surface area (Å²) < 4.78 is 44.0. The smallest absolute Gasteiger partial charge is 0.240 e. The number of rotatable bonds is 6. The van der Waals surface area contributed by atoms with Gasteiger partial charge < -0.3 is 19.2 Å². The predicted molar refractivity (Wildman–Crippen MR) is 121 cm³/mol. The third-order valence-corrected chi connectivity index (χ3v) is 7.50. The van der Waals surface area contributed by atoms with Crippen LogP contribution in [0.5, 0.6) is 11.5 Å². The van der Waals surface area contributed by atoms with Crippen molar-refractivity contribution in [3.63, 3.8) is 0 Å². The zero-order valence-electron chi connectivity index (χ0n) is 17.2. The maximum atomic E-state index is 13.5. The van der Waals surface area contributed by atoms with E-state index in [-0.39, 0.29) is 21.7 Å². The van der Waals surface area contributed by atoms with Crippen LogP contribution in [0, 0.1) is 6.92 Å². The number of hydrogen-bond acceptors (Lipinski definition) is 8. The lowest BCUT2D eigenvalue weighted by atomic mass is 10.1. The third kappa shape index (κ3) is 3.96. The first-order valence-corrected chi connectivity index (χ1v) is 12.4. The summed E-state index contributed by atoms with van der Waals surface area (Å²) in [5, 5.41) is 4.83. The largest absolute Gasteiger partial charge is 0.486 e. The summed E-state index contributed by atoms with van der Waals surface area (Å²) in [7, 11) is -3.98. The van der Waals surface area contributed by atoms with E-state index < -0.39 is 9.84 Å². The molecule has 5 rings (SSSR count). The Labute approximate surface area is 189 Å². The van der Waals surface area contributed by atoms with Crippen LogP contribution in [0.2, 0.25) is 0 Å². The molecule has 3 heterocycles. The lowest BCUT2D eigenvalue weighted by molar-refractivity contribution is 0.171. The highest BCUT2D eigenvalue weighted by molar-refractivity contribution is 7.91. The molecule has 0 amide bonds. The van der Waals surface area contributed by atoms with Gasteiger partial charge in [-0.25, -0.2) is 8.42 Å². The van der Waals surface area contributed by atoms with Crippen molar-refractivity contribution in [3.8, 4) is 22.3 Å². The number of aryl methyl sites for hydroxylation is 1. The highest BCUT2D eigenvalue weighted by atomic mass is 32.2. The summed E-state index contributed by atoms with van der Waals surface area (Å²) >= 11 is 1.42. The van der Waals surface area contributed by atoms with Crippen LogP contribution in [-0.4, -0.2) is 26.6 Å². The van der Waals surface area contributed by atoms with Gasteiger partial charge in [-0.2, -0.15) is 4.98 Å². The first-order chi connectivity index (χ1) is 15.5. The number of oxazole rings is 1. The number of nitrogens with one attached hydrogen (secondary N) is 1. The quantitative estimate of drug-likeness (QED) is 0.429. The predicted octanol–water partition coefficient (Wildman–Crippen LogP) is 4.93. The Balaban J connectivity index is 1.53. The van der Waals surface area contributed by atoms with E-state index >= 15 is 0 Å². The number of thiophene rings is 1. The normalized spacial score (nSPS) is 13.2. The highest BCUT2D eigenvalue weighted by Gasteiger charge is 2.30. The second-order valence-electron chi connectivity index (χ2n) is 7.28. The molecule has 0 saturated carbocycles. The van der Waals surface area contributed by atoms with E-state index in [2.05, 4.69) is 10.3 Å². The van der Waals surface area contributed by atoms with E-state index in [1.807, 2.05) is 48.7 Å². The number of fused-ring (bicyclic) bond motifs is 1. The maximum absolute atomic E-state index is 13.5. The first kappa shape index (κ1) is 20.6. The Kier molecular flexibility index (Phi) is 5.36. The van der Waals surface area contributed by atoms with E-state index in [9.17, 15) is 8.42 Å². The molecule has 164 valence electrons. The molecule has 0 saturated heterocycles. The van der Waals surface area contributed by atoms with Crippen LogP contribution in [0.1, 0.15) is 11.1 Å². The van der Waals surface area contributed by atoms with Gasteiger partial charge in [-0.05, 0) is 36.1 Å². The zero-order valence-corrected chi connectivity index (χ0v) is 18.8. The van der Waals surface area contributed by atoms with Crippen LogP contribution in [0.4, 0.5) is 5.88 Å². The molecular weight excluding hydrogens is 448 g/mol. The van der Waals surface area contributed by atoms with Gasteiger partial charge >= 0.3 is 0 Å². The Morgan fingerprint density at radius 1 is 1.03 bits per heavy atom. The van der Waals surface area contributed by atoms with Crippen molar-refractivity contribution in [2.45, 2.75) is 23.4 Å². The monoisotopic (exact) mass is 468 g/mol. The molecule has 0 atom stereocenters. The van der Waals surface area contributed by atoms with E-state index in [0.29, 0.717) is 31.3 Å². The van der Waals surface area contributed by atoms with Gasteiger partial charge in [-0.1, -0.05) is 35.9 Å². The van der Waals surface area contributed by atoms with Crippen molar-refractivity contribution in [3.05, 3.63) is 71.1 Å². The summed E-state index contributed by atoms with van der Waals surface area (Å²) in [6.07, 6.45) is 0. The number of sulfone groups is 1. The summed E-state index contributed by atoms with van der Waals surface area (Å²) in [4.78, 5) is 5.16. The molecule has 2 aromatic carbocycles. The van der Waals surface area contributed by atoms with Gasteiger partial charge in [0.15, 0.2) is 11.5 Å². The molecule has 0 fully saturated rings. The fourth-order valence-corrected chi connectivity index (χ4v) is 5.24. The lowest BCUT2D eigenvalue weighted by Crippen LogP contribution is -2.16. The number of hydrogen-bond donors (Lipinski definition) is 1. The van der Waals surface area contributed by atoms with Crippen molar-refractivity contribution in [2.75, 3.05) is 18.5 Å². The SMILES string of the molecule is Cc1ccc(CNc2oc(-c3cccs3)nc2S(=O)(=O)c2ccc3c(c2)OCCO3)cc1. The van der Waals surface area contributed by atoms with Crippen molar-refractivity contribution in [2.24, 2.45) is 0 Å². The fourth-order valence-electron chi connectivity index (χ4n) is 3.30. The highest BCUT2D eigenvalue weighted by Crippen LogP contribution is 2.37.